The summed E-state index contributed by atoms with van der Waals surface area (Å²) in [5, 5.41) is 2.84. The van der Waals surface area contributed by atoms with E-state index in [2.05, 4.69) is 19.2 Å². The first-order valence-corrected chi connectivity index (χ1v) is 7.63. The normalized spacial score (nSPS) is 12.2. The van der Waals surface area contributed by atoms with E-state index < -0.39 is 0 Å². The van der Waals surface area contributed by atoms with Crippen molar-refractivity contribution in [1.82, 2.24) is 5.32 Å². The van der Waals surface area contributed by atoms with Gasteiger partial charge in [0, 0.05) is 19.4 Å². The number of esters is 1. The third-order valence-electron chi connectivity index (χ3n) is 3.41. The van der Waals surface area contributed by atoms with Crippen molar-refractivity contribution < 1.29 is 14.3 Å². The predicted octanol–water partition coefficient (Wildman–Crippen LogP) is 1.85. The van der Waals surface area contributed by atoms with Crippen molar-refractivity contribution in [1.29, 1.82) is 0 Å². The van der Waals surface area contributed by atoms with Gasteiger partial charge in [0.05, 0.1) is 6.61 Å². The van der Waals surface area contributed by atoms with Gasteiger partial charge < -0.3 is 15.8 Å². The molecular weight excluding hydrogens is 256 g/mol. The second kappa shape index (κ2) is 11.7. The lowest BCUT2D eigenvalue weighted by Gasteiger charge is -2.19. The molecule has 0 aromatic carbocycles. The van der Waals surface area contributed by atoms with Gasteiger partial charge in [-0.2, -0.15) is 0 Å². The first-order valence-electron chi connectivity index (χ1n) is 7.63. The quantitative estimate of drug-likeness (QED) is 0.448. The van der Waals surface area contributed by atoms with E-state index in [0.29, 0.717) is 50.8 Å². The fraction of sp³-hybridized carbons (Fsp3) is 0.867. The maximum absolute atomic E-state index is 11.7. The number of rotatable bonds is 11. The molecule has 0 heterocycles. The van der Waals surface area contributed by atoms with Crippen LogP contribution < -0.4 is 11.1 Å². The number of hydrogen-bond acceptors (Lipinski definition) is 4. The third kappa shape index (κ3) is 9.78. The van der Waals surface area contributed by atoms with E-state index >= 15 is 0 Å². The Bertz CT molecular complexity index is 280. The van der Waals surface area contributed by atoms with E-state index in [4.69, 9.17) is 10.5 Å². The molecule has 0 saturated carbocycles. The molecule has 3 N–H and O–H groups in total. The molecule has 20 heavy (non-hydrogen) atoms. The molecule has 0 aromatic rings. The largest absolute Gasteiger partial charge is 0.466 e. The van der Waals surface area contributed by atoms with E-state index in [1.165, 1.54) is 0 Å². The average Bonchev–Trinajstić information content (AvgIpc) is 2.39. The van der Waals surface area contributed by atoms with Crippen LogP contribution in [0, 0.1) is 11.8 Å². The molecule has 1 unspecified atom stereocenters. The second-order valence-electron chi connectivity index (χ2n) is 5.38. The Morgan fingerprint density at radius 3 is 2.45 bits per heavy atom. The highest BCUT2D eigenvalue weighted by atomic mass is 16.5. The Balaban J connectivity index is 3.70. The molecule has 0 aliphatic rings. The van der Waals surface area contributed by atoms with Gasteiger partial charge in [0.15, 0.2) is 0 Å². The molecule has 0 bridgehead atoms. The number of nitrogens with one attached hydrogen (secondary N) is 1. The standard InChI is InChI=1S/C15H30N2O3/c1-4-20-15(19)6-5-11-17-14(18)8-7-13(9-10-16)12(2)3/h12-13H,4-11,16H2,1-3H3,(H,17,18). The molecule has 0 aliphatic carbocycles. The van der Waals surface area contributed by atoms with Gasteiger partial charge in [-0.3, -0.25) is 9.59 Å². The molecule has 5 heteroatoms. The van der Waals surface area contributed by atoms with Gasteiger partial charge in [-0.05, 0) is 44.6 Å². The molecule has 0 rings (SSSR count). The van der Waals surface area contributed by atoms with Crippen molar-refractivity contribution in [3.8, 4) is 0 Å². The number of carbonyl (C=O) groups excluding carboxylic acids is 2. The van der Waals surface area contributed by atoms with Crippen LogP contribution in [0.4, 0.5) is 0 Å². The molecule has 5 nitrogen and oxygen atoms in total. The van der Waals surface area contributed by atoms with Crippen LogP contribution in [0.5, 0.6) is 0 Å². The Morgan fingerprint density at radius 1 is 1.20 bits per heavy atom. The lowest BCUT2D eigenvalue weighted by molar-refractivity contribution is -0.143. The summed E-state index contributed by atoms with van der Waals surface area (Å²) < 4.78 is 4.82. The highest BCUT2D eigenvalue weighted by Crippen LogP contribution is 2.20. The van der Waals surface area contributed by atoms with Gasteiger partial charge in [-0.25, -0.2) is 0 Å². The zero-order valence-corrected chi connectivity index (χ0v) is 13.1. The van der Waals surface area contributed by atoms with Crippen molar-refractivity contribution in [3.63, 3.8) is 0 Å². The smallest absolute Gasteiger partial charge is 0.305 e. The summed E-state index contributed by atoms with van der Waals surface area (Å²) in [4.78, 5) is 22.8. The fourth-order valence-electron chi connectivity index (χ4n) is 2.12. The van der Waals surface area contributed by atoms with Crippen molar-refractivity contribution in [2.45, 2.75) is 52.9 Å². The molecule has 0 aliphatic heterocycles. The minimum absolute atomic E-state index is 0.0523. The van der Waals surface area contributed by atoms with Crippen LogP contribution in [0.1, 0.15) is 52.9 Å². The van der Waals surface area contributed by atoms with Crippen molar-refractivity contribution >= 4 is 11.9 Å². The van der Waals surface area contributed by atoms with Gasteiger partial charge in [0.25, 0.3) is 0 Å². The van der Waals surface area contributed by atoms with Crippen molar-refractivity contribution in [2.24, 2.45) is 17.6 Å². The monoisotopic (exact) mass is 286 g/mol. The third-order valence-corrected chi connectivity index (χ3v) is 3.41. The summed E-state index contributed by atoms with van der Waals surface area (Å²) in [7, 11) is 0. The Hall–Kier alpha value is -1.10. The van der Waals surface area contributed by atoms with Gasteiger partial charge in [0.2, 0.25) is 5.91 Å². The van der Waals surface area contributed by atoms with E-state index in [0.717, 1.165) is 12.8 Å². The summed E-state index contributed by atoms with van der Waals surface area (Å²) in [6, 6.07) is 0. The summed E-state index contributed by atoms with van der Waals surface area (Å²) in [6.45, 7) is 7.72. The van der Waals surface area contributed by atoms with E-state index in [-0.39, 0.29) is 11.9 Å². The zero-order chi connectivity index (χ0) is 15.4. The number of nitrogens with two attached hydrogens (primary N) is 1. The van der Waals surface area contributed by atoms with Crippen LogP contribution in [0.15, 0.2) is 0 Å². The second-order valence-corrected chi connectivity index (χ2v) is 5.38. The number of amides is 1. The molecule has 0 saturated heterocycles. The van der Waals surface area contributed by atoms with E-state index in [9.17, 15) is 9.59 Å². The number of hydrogen-bond donors (Lipinski definition) is 2. The summed E-state index contributed by atoms with van der Waals surface area (Å²) >= 11 is 0. The van der Waals surface area contributed by atoms with Gasteiger partial charge in [0.1, 0.15) is 0 Å². The Kier molecular flexibility index (Phi) is 11.1. The first-order chi connectivity index (χ1) is 9.51. The molecule has 118 valence electrons. The summed E-state index contributed by atoms with van der Waals surface area (Å²) in [6.07, 6.45) is 3.35. The lowest BCUT2D eigenvalue weighted by atomic mass is 9.88. The molecule has 1 amide bonds. The molecule has 0 aromatic heterocycles. The summed E-state index contributed by atoms with van der Waals surface area (Å²) in [5.41, 5.74) is 5.58. The molecular formula is C15H30N2O3. The number of carbonyl (C=O) groups is 2. The van der Waals surface area contributed by atoms with Crippen LogP contribution in [0.3, 0.4) is 0 Å². The van der Waals surface area contributed by atoms with E-state index in [1.54, 1.807) is 6.92 Å². The molecule has 1 atom stereocenters. The van der Waals surface area contributed by atoms with Gasteiger partial charge in [-0.1, -0.05) is 13.8 Å². The molecule has 0 fully saturated rings. The van der Waals surface area contributed by atoms with Crippen LogP contribution in [-0.2, 0) is 14.3 Å². The fourth-order valence-corrected chi connectivity index (χ4v) is 2.12. The maximum atomic E-state index is 11.7. The summed E-state index contributed by atoms with van der Waals surface area (Å²) in [5.74, 6) is 0.904. The van der Waals surface area contributed by atoms with Gasteiger partial charge >= 0.3 is 5.97 Å². The van der Waals surface area contributed by atoms with Crippen molar-refractivity contribution in [2.75, 3.05) is 19.7 Å². The minimum atomic E-state index is -0.204. The van der Waals surface area contributed by atoms with E-state index in [1.807, 2.05) is 0 Å². The molecule has 0 radical (unpaired) electrons. The highest BCUT2D eigenvalue weighted by molar-refractivity contribution is 5.76. The van der Waals surface area contributed by atoms with Crippen LogP contribution in [-0.4, -0.2) is 31.6 Å². The topological polar surface area (TPSA) is 81.4 Å². The zero-order valence-electron chi connectivity index (χ0n) is 13.1. The lowest BCUT2D eigenvalue weighted by Crippen LogP contribution is -2.26. The van der Waals surface area contributed by atoms with Crippen LogP contribution >= 0.6 is 0 Å². The number of ether oxygens (including phenoxy) is 1. The maximum Gasteiger partial charge on any atom is 0.305 e. The van der Waals surface area contributed by atoms with Crippen LogP contribution in [0.2, 0.25) is 0 Å². The Morgan fingerprint density at radius 2 is 1.90 bits per heavy atom. The van der Waals surface area contributed by atoms with Crippen molar-refractivity contribution in [3.05, 3.63) is 0 Å². The SMILES string of the molecule is CCOC(=O)CCCNC(=O)CCC(CCN)C(C)C. The predicted molar refractivity (Wildman–Crippen MR) is 80.1 cm³/mol. The minimum Gasteiger partial charge on any atom is -0.466 e. The van der Waals surface area contributed by atoms with Gasteiger partial charge in [-0.15, -0.1) is 0 Å². The molecule has 0 spiro atoms. The Labute approximate surface area is 122 Å². The average molecular weight is 286 g/mol. The first kappa shape index (κ1) is 18.9. The highest BCUT2D eigenvalue weighted by Gasteiger charge is 2.14. The van der Waals surface area contributed by atoms with Crippen LogP contribution in [0.25, 0.3) is 0 Å².